The molecule has 1 aromatic heterocycles. The molecule has 0 spiro atoms. The predicted molar refractivity (Wildman–Crippen MR) is 87.5 cm³/mol. The summed E-state index contributed by atoms with van der Waals surface area (Å²) >= 11 is 1.36. The molecule has 0 fully saturated rings. The number of nitrogens with zero attached hydrogens (tertiary/aromatic N) is 1. The van der Waals surface area contributed by atoms with Crippen LogP contribution in [0.1, 0.15) is 38.9 Å². The van der Waals surface area contributed by atoms with Gasteiger partial charge >= 0.3 is 0 Å². The van der Waals surface area contributed by atoms with Gasteiger partial charge in [0.05, 0.1) is 16.5 Å². The number of thiophene rings is 1. The van der Waals surface area contributed by atoms with Crippen LogP contribution >= 0.6 is 11.3 Å². The molecule has 2 aromatic rings. The van der Waals surface area contributed by atoms with Gasteiger partial charge in [-0.1, -0.05) is 24.3 Å². The maximum absolute atomic E-state index is 12.5. The van der Waals surface area contributed by atoms with Crippen molar-refractivity contribution in [1.29, 1.82) is 0 Å². The van der Waals surface area contributed by atoms with Crippen LogP contribution in [0.15, 0.2) is 41.8 Å². The van der Waals surface area contributed by atoms with E-state index < -0.39 is 6.10 Å². The molecule has 22 heavy (non-hydrogen) atoms. The standard InChI is InChI=1S/C17H19NO3S/c1-12(19)9-10-18(2)17(21)14-7-4-3-6-13(14)16(20)15-8-5-11-22-15/h3-8,11-12,19H,9-10H2,1-2H3. The van der Waals surface area contributed by atoms with Gasteiger partial charge in [-0.25, -0.2) is 0 Å². The lowest BCUT2D eigenvalue weighted by Crippen LogP contribution is -2.30. The van der Waals surface area contributed by atoms with E-state index in [9.17, 15) is 14.7 Å². The van der Waals surface area contributed by atoms with Crippen molar-refractivity contribution < 1.29 is 14.7 Å². The fourth-order valence-corrected chi connectivity index (χ4v) is 2.77. The largest absolute Gasteiger partial charge is 0.393 e. The van der Waals surface area contributed by atoms with Gasteiger partial charge < -0.3 is 10.0 Å². The van der Waals surface area contributed by atoms with Crippen molar-refractivity contribution in [2.45, 2.75) is 19.4 Å². The summed E-state index contributed by atoms with van der Waals surface area (Å²) in [6.07, 6.45) is 0.0433. The van der Waals surface area contributed by atoms with E-state index in [1.165, 1.54) is 16.2 Å². The zero-order valence-corrected chi connectivity index (χ0v) is 13.5. The third-order valence-electron chi connectivity index (χ3n) is 3.38. The van der Waals surface area contributed by atoms with Crippen molar-refractivity contribution in [3.63, 3.8) is 0 Å². The molecule has 116 valence electrons. The number of carbonyl (C=O) groups excluding carboxylic acids is 2. The first-order valence-corrected chi connectivity index (χ1v) is 7.99. The molecule has 0 bridgehead atoms. The third kappa shape index (κ3) is 3.81. The van der Waals surface area contributed by atoms with E-state index in [0.717, 1.165) is 0 Å². The molecule has 4 nitrogen and oxygen atoms in total. The van der Waals surface area contributed by atoms with Crippen molar-refractivity contribution in [1.82, 2.24) is 4.90 Å². The Hall–Kier alpha value is -1.98. The van der Waals surface area contributed by atoms with Gasteiger partial charge in [-0.3, -0.25) is 9.59 Å². The van der Waals surface area contributed by atoms with E-state index in [0.29, 0.717) is 29.0 Å². The van der Waals surface area contributed by atoms with Gasteiger partial charge in [0, 0.05) is 19.2 Å². The fourth-order valence-electron chi connectivity index (χ4n) is 2.10. The molecule has 2 rings (SSSR count). The van der Waals surface area contributed by atoms with E-state index in [2.05, 4.69) is 0 Å². The SMILES string of the molecule is CC(O)CCN(C)C(=O)c1ccccc1C(=O)c1cccs1. The van der Waals surface area contributed by atoms with E-state index in [4.69, 9.17) is 0 Å². The number of hydrogen-bond donors (Lipinski definition) is 1. The van der Waals surface area contributed by atoms with Crippen LogP contribution in [0.2, 0.25) is 0 Å². The fraction of sp³-hybridized carbons (Fsp3) is 0.294. The first kappa shape index (κ1) is 16.4. The molecule has 1 N–H and O–H groups in total. The van der Waals surface area contributed by atoms with Gasteiger partial charge in [-0.05, 0) is 30.9 Å². The van der Waals surface area contributed by atoms with E-state index in [-0.39, 0.29) is 11.7 Å². The highest BCUT2D eigenvalue weighted by atomic mass is 32.1. The van der Waals surface area contributed by atoms with Gasteiger partial charge in [-0.15, -0.1) is 11.3 Å². The van der Waals surface area contributed by atoms with Crippen LogP contribution in [0.25, 0.3) is 0 Å². The molecule has 0 aliphatic carbocycles. The average molecular weight is 317 g/mol. The topological polar surface area (TPSA) is 57.6 Å². The van der Waals surface area contributed by atoms with Crippen molar-refractivity contribution in [2.24, 2.45) is 0 Å². The van der Waals surface area contributed by atoms with Gasteiger partial charge in [0.2, 0.25) is 5.78 Å². The van der Waals surface area contributed by atoms with Crippen molar-refractivity contribution in [2.75, 3.05) is 13.6 Å². The Morgan fingerprint density at radius 1 is 1.18 bits per heavy atom. The molecule has 0 saturated carbocycles. The summed E-state index contributed by atoms with van der Waals surface area (Å²) < 4.78 is 0. The normalized spacial score (nSPS) is 12.0. The number of carbonyl (C=O) groups is 2. The van der Waals surface area contributed by atoms with Gasteiger partial charge in [-0.2, -0.15) is 0 Å². The van der Waals surface area contributed by atoms with E-state index >= 15 is 0 Å². The number of hydrogen-bond acceptors (Lipinski definition) is 4. The lowest BCUT2D eigenvalue weighted by molar-refractivity contribution is 0.0764. The summed E-state index contributed by atoms with van der Waals surface area (Å²) in [5.41, 5.74) is 0.813. The summed E-state index contributed by atoms with van der Waals surface area (Å²) in [6, 6.07) is 10.4. The van der Waals surface area contributed by atoms with Crippen LogP contribution in [0.5, 0.6) is 0 Å². The molecule has 0 aliphatic heterocycles. The van der Waals surface area contributed by atoms with Crippen molar-refractivity contribution >= 4 is 23.0 Å². The summed E-state index contributed by atoms with van der Waals surface area (Å²) in [4.78, 5) is 27.2. The predicted octanol–water partition coefficient (Wildman–Crippen LogP) is 2.82. The molecule has 1 unspecified atom stereocenters. The van der Waals surface area contributed by atoms with Crippen LogP contribution in [0.4, 0.5) is 0 Å². The monoisotopic (exact) mass is 317 g/mol. The van der Waals surface area contributed by atoms with Gasteiger partial charge in [0.25, 0.3) is 5.91 Å². The minimum atomic E-state index is -0.460. The lowest BCUT2D eigenvalue weighted by atomic mass is 10.0. The van der Waals surface area contributed by atoms with Crippen LogP contribution in [-0.4, -0.2) is 41.4 Å². The zero-order chi connectivity index (χ0) is 16.1. The first-order chi connectivity index (χ1) is 10.5. The van der Waals surface area contributed by atoms with Crippen molar-refractivity contribution in [3.8, 4) is 0 Å². The Kier molecular flexibility index (Phi) is 5.46. The molecule has 5 heteroatoms. The van der Waals surface area contributed by atoms with Gasteiger partial charge in [0.15, 0.2) is 0 Å². The Balaban J connectivity index is 2.24. The first-order valence-electron chi connectivity index (χ1n) is 7.11. The number of aliphatic hydroxyl groups excluding tert-OH is 1. The number of ketones is 1. The Bertz CT molecular complexity index is 650. The molecule has 0 saturated heterocycles. The van der Waals surface area contributed by atoms with Crippen LogP contribution in [-0.2, 0) is 0 Å². The minimum absolute atomic E-state index is 0.136. The summed E-state index contributed by atoms with van der Waals surface area (Å²) in [5, 5.41) is 11.2. The zero-order valence-electron chi connectivity index (χ0n) is 12.7. The lowest BCUT2D eigenvalue weighted by Gasteiger charge is -2.19. The number of aliphatic hydroxyl groups is 1. The Morgan fingerprint density at radius 2 is 1.86 bits per heavy atom. The quantitative estimate of drug-likeness (QED) is 0.834. The number of rotatable bonds is 6. The second-order valence-electron chi connectivity index (χ2n) is 5.22. The molecular formula is C17H19NO3S. The van der Waals surface area contributed by atoms with Crippen LogP contribution < -0.4 is 0 Å². The van der Waals surface area contributed by atoms with E-state index in [1.54, 1.807) is 44.3 Å². The molecule has 1 amide bonds. The highest BCUT2D eigenvalue weighted by Gasteiger charge is 2.21. The molecule has 1 aromatic carbocycles. The minimum Gasteiger partial charge on any atom is -0.393 e. The average Bonchev–Trinajstić information content (AvgIpc) is 3.05. The molecular weight excluding hydrogens is 298 g/mol. The maximum atomic E-state index is 12.5. The van der Waals surface area contributed by atoms with Crippen molar-refractivity contribution in [3.05, 3.63) is 57.8 Å². The highest BCUT2D eigenvalue weighted by molar-refractivity contribution is 7.12. The van der Waals surface area contributed by atoms with E-state index in [1.807, 2.05) is 11.4 Å². The number of amides is 1. The summed E-state index contributed by atoms with van der Waals surface area (Å²) in [5.74, 6) is -0.343. The molecule has 0 radical (unpaired) electrons. The van der Waals surface area contributed by atoms with Crippen LogP contribution in [0, 0.1) is 0 Å². The second-order valence-corrected chi connectivity index (χ2v) is 6.16. The molecule has 0 aliphatic rings. The highest BCUT2D eigenvalue weighted by Crippen LogP contribution is 2.19. The maximum Gasteiger partial charge on any atom is 0.254 e. The summed E-state index contributed by atoms with van der Waals surface area (Å²) in [7, 11) is 1.68. The second kappa shape index (κ2) is 7.33. The third-order valence-corrected chi connectivity index (χ3v) is 4.24. The smallest absolute Gasteiger partial charge is 0.254 e. The van der Waals surface area contributed by atoms with Gasteiger partial charge in [0.1, 0.15) is 0 Å². The molecule has 1 atom stereocenters. The summed E-state index contributed by atoms with van der Waals surface area (Å²) in [6.45, 7) is 2.13. The number of benzene rings is 1. The Morgan fingerprint density at radius 3 is 2.45 bits per heavy atom. The molecule has 1 heterocycles. The Labute approximate surface area is 134 Å². The van der Waals surface area contributed by atoms with Crippen LogP contribution in [0.3, 0.4) is 0 Å².